The van der Waals surface area contributed by atoms with Gasteiger partial charge in [-0.05, 0) is 68.0 Å². The van der Waals surface area contributed by atoms with Crippen molar-refractivity contribution >= 4 is 38.1 Å². The van der Waals surface area contributed by atoms with Crippen LogP contribution < -0.4 is 9.62 Å². The summed E-state index contributed by atoms with van der Waals surface area (Å²) in [5, 5.41) is 3.46. The largest absolute Gasteiger partial charge is 0.298 e. The summed E-state index contributed by atoms with van der Waals surface area (Å²) < 4.78 is 27.6. The number of thiazole rings is 1. The van der Waals surface area contributed by atoms with E-state index in [1.165, 1.54) is 39.1 Å². The number of nitrogens with zero attached hydrogens (tertiary/aromatic N) is 2. The van der Waals surface area contributed by atoms with Gasteiger partial charge in [-0.3, -0.25) is 14.4 Å². The van der Waals surface area contributed by atoms with Gasteiger partial charge in [-0.1, -0.05) is 18.2 Å². The van der Waals surface area contributed by atoms with Gasteiger partial charge in [0.25, 0.3) is 15.9 Å². The zero-order valence-corrected chi connectivity index (χ0v) is 17.9. The molecule has 1 aliphatic heterocycles. The van der Waals surface area contributed by atoms with Crippen molar-refractivity contribution in [1.82, 2.24) is 4.98 Å². The lowest BCUT2D eigenvalue weighted by atomic mass is 10.0. The highest BCUT2D eigenvalue weighted by molar-refractivity contribution is 7.92. The van der Waals surface area contributed by atoms with E-state index < -0.39 is 10.0 Å². The van der Waals surface area contributed by atoms with Gasteiger partial charge in [0.1, 0.15) is 0 Å². The van der Waals surface area contributed by atoms with Gasteiger partial charge in [0.15, 0.2) is 5.13 Å². The molecule has 154 valence electrons. The van der Waals surface area contributed by atoms with E-state index in [4.69, 9.17) is 0 Å². The molecule has 30 heavy (non-hydrogen) atoms. The number of amides is 1. The minimum Gasteiger partial charge on any atom is -0.298 e. The maximum Gasteiger partial charge on any atom is 0.264 e. The fourth-order valence-corrected chi connectivity index (χ4v) is 6.59. The normalized spacial score (nSPS) is 15.5. The first-order chi connectivity index (χ1) is 14.5. The molecular weight excluding hydrogens is 418 g/mol. The summed E-state index contributed by atoms with van der Waals surface area (Å²) in [6, 6.07) is 13.6. The second-order valence-electron chi connectivity index (χ2n) is 7.53. The number of hydrogen-bond donors (Lipinski definition) is 1. The molecule has 2 aliphatic rings. The molecule has 0 unspecified atom stereocenters. The van der Waals surface area contributed by atoms with Gasteiger partial charge in [-0.2, -0.15) is 0 Å². The number of para-hydroxylation sites is 1. The van der Waals surface area contributed by atoms with Crippen LogP contribution in [-0.2, 0) is 29.3 Å². The van der Waals surface area contributed by atoms with Crippen molar-refractivity contribution < 1.29 is 13.2 Å². The number of benzene rings is 2. The Morgan fingerprint density at radius 3 is 2.57 bits per heavy atom. The Morgan fingerprint density at radius 2 is 1.77 bits per heavy atom. The molecule has 0 fully saturated rings. The maximum atomic E-state index is 13.1. The molecule has 1 aromatic heterocycles. The summed E-state index contributed by atoms with van der Waals surface area (Å²) in [7, 11) is -3.66. The van der Waals surface area contributed by atoms with Crippen LogP contribution in [0.15, 0.2) is 53.4 Å². The first kappa shape index (κ1) is 19.3. The topological polar surface area (TPSA) is 79.4 Å². The number of carbonyl (C=O) groups excluding carboxylic acids is 1. The molecule has 0 atom stereocenters. The van der Waals surface area contributed by atoms with Gasteiger partial charge in [-0.25, -0.2) is 13.4 Å². The Kier molecular flexibility index (Phi) is 4.83. The molecule has 8 heteroatoms. The summed E-state index contributed by atoms with van der Waals surface area (Å²) in [6.07, 6.45) is 5.00. The first-order valence-corrected chi connectivity index (χ1v) is 12.3. The van der Waals surface area contributed by atoms with E-state index in [1.807, 2.05) is 24.3 Å². The Bertz CT molecular complexity index is 1190. The summed E-state index contributed by atoms with van der Waals surface area (Å²) in [6.45, 7) is 0.429. The molecule has 0 saturated carbocycles. The number of sulfonamides is 1. The zero-order chi connectivity index (χ0) is 20.7. The average Bonchev–Trinajstić information content (AvgIpc) is 3.37. The second kappa shape index (κ2) is 7.52. The molecule has 1 aliphatic carbocycles. The van der Waals surface area contributed by atoms with Crippen LogP contribution in [0.5, 0.6) is 0 Å². The number of hydrogen-bond acceptors (Lipinski definition) is 5. The minimum absolute atomic E-state index is 0.181. The van der Waals surface area contributed by atoms with Crippen LogP contribution in [0.2, 0.25) is 0 Å². The molecule has 2 aromatic carbocycles. The van der Waals surface area contributed by atoms with Crippen LogP contribution in [0, 0.1) is 0 Å². The lowest BCUT2D eigenvalue weighted by Crippen LogP contribution is -2.29. The highest BCUT2D eigenvalue weighted by atomic mass is 32.2. The van der Waals surface area contributed by atoms with Gasteiger partial charge in [0.05, 0.1) is 16.3 Å². The van der Waals surface area contributed by atoms with Crippen LogP contribution in [-0.4, -0.2) is 25.9 Å². The number of rotatable bonds is 4. The zero-order valence-electron chi connectivity index (χ0n) is 16.3. The predicted octanol–water partition coefficient (Wildman–Crippen LogP) is 4.03. The van der Waals surface area contributed by atoms with Crippen molar-refractivity contribution in [2.24, 2.45) is 0 Å². The van der Waals surface area contributed by atoms with E-state index in [1.54, 1.807) is 12.1 Å². The summed E-state index contributed by atoms with van der Waals surface area (Å²) in [5.41, 5.74) is 3.26. The predicted molar refractivity (Wildman–Crippen MR) is 118 cm³/mol. The molecule has 6 nitrogen and oxygen atoms in total. The van der Waals surface area contributed by atoms with Gasteiger partial charge in [0, 0.05) is 17.0 Å². The van der Waals surface area contributed by atoms with Gasteiger partial charge in [-0.15, -0.1) is 11.3 Å². The fraction of sp³-hybridized carbons (Fsp3) is 0.273. The van der Waals surface area contributed by atoms with E-state index in [-0.39, 0.29) is 10.8 Å². The van der Waals surface area contributed by atoms with E-state index in [2.05, 4.69) is 10.3 Å². The van der Waals surface area contributed by atoms with Crippen molar-refractivity contribution in [3.63, 3.8) is 0 Å². The van der Waals surface area contributed by atoms with Crippen LogP contribution >= 0.6 is 11.3 Å². The van der Waals surface area contributed by atoms with Gasteiger partial charge in [0.2, 0.25) is 0 Å². The lowest BCUT2D eigenvalue weighted by Gasteiger charge is -2.19. The Hall–Kier alpha value is -2.71. The van der Waals surface area contributed by atoms with Crippen LogP contribution in [0.25, 0.3) is 0 Å². The summed E-state index contributed by atoms with van der Waals surface area (Å²) in [5.74, 6) is -0.281. The summed E-state index contributed by atoms with van der Waals surface area (Å²) >= 11 is 1.53. The molecule has 2 heterocycles. The molecule has 0 bridgehead atoms. The molecule has 0 saturated heterocycles. The quantitative estimate of drug-likeness (QED) is 0.666. The number of aryl methyl sites for hydroxylation is 2. The molecule has 1 N–H and O–H groups in total. The third kappa shape index (κ3) is 3.40. The molecule has 0 radical (unpaired) electrons. The Labute approximate surface area is 179 Å². The number of anilines is 2. The fourth-order valence-electron chi connectivity index (χ4n) is 4.04. The van der Waals surface area contributed by atoms with Crippen molar-refractivity contribution in [1.29, 1.82) is 0 Å². The van der Waals surface area contributed by atoms with Crippen molar-refractivity contribution in [3.8, 4) is 0 Å². The third-order valence-electron chi connectivity index (χ3n) is 5.62. The minimum atomic E-state index is -3.66. The standard InChI is InChI=1S/C22H21N3O3S2/c26-21(24-22-23-18-6-2-4-8-20(18)29-22)16-9-11-17(12-10-16)30(27,28)25-14-13-15-5-1-3-7-19(15)25/h1,3,5,7,9-12H,2,4,6,8,13-14H2,(H,23,24,26). The molecular formula is C22H21N3O3S2. The third-order valence-corrected chi connectivity index (χ3v) is 8.52. The maximum absolute atomic E-state index is 13.1. The molecule has 3 aromatic rings. The monoisotopic (exact) mass is 439 g/mol. The highest BCUT2D eigenvalue weighted by Gasteiger charge is 2.30. The number of aromatic nitrogens is 1. The molecule has 0 spiro atoms. The lowest BCUT2D eigenvalue weighted by molar-refractivity contribution is 0.102. The van der Waals surface area contributed by atoms with Crippen molar-refractivity contribution in [3.05, 3.63) is 70.2 Å². The van der Waals surface area contributed by atoms with E-state index >= 15 is 0 Å². The number of nitrogens with one attached hydrogen (secondary N) is 1. The Balaban J connectivity index is 1.34. The highest BCUT2D eigenvalue weighted by Crippen LogP contribution is 2.33. The number of carbonyl (C=O) groups is 1. The Morgan fingerprint density at radius 1 is 1.00 bits per heavy atom. The molecule has 1 amide bonds. The second-order valence-corrected chi connectivity index (χ2v) is 10.5. The summed E-state index contributed by atoms with van der Waals surface area (Å²) in [4.78, 5) is 18.6. The van der Waals surface area contributed by atoms with Crippen LogP contribution in [0.4, 0.5) is 10.8 Å². The van der Waals surface area contributed by atoms with E-state index in [0.29, 0.717) is 23.7 Å². The first-order valence-electron chi connectivity index (χ1n) is 10.0. The molecule has 5 rings (SSSR count). The number of fused-ring (bicyclic) bond motifs is 2. The van der Waals surface area contributed by atoms with E-state index in [9.17, 15) is 13.2 Å². The van der Waals surface area contributed by atoms with Crippen molar-refractivity contribution in [2.45, 2.75) is 37.0 Å². The van der Waals surface area contributed by atoms with Crippen molar-refractivity contribution in [2.75, 3.05) is 16.2 Å². The smallest absolute Gasteiger partial charge is 0.264 e. The average molecular weight is 440 g/mol. The van der Waals surface area contributed by atoms with Crippen LogP contribution in [0.3, 0.4) is 0 Å². The van der Waals surface area contributed by atoms with Gasteiger partial charge < -0.3 is 0 Å². The van der Waals surface area contributed by atoms with E-state index in [0.717, 1.165) is 36.2 Å². The van der Waals surface area contributed by atoms with Gasteiger partial charge >= 0.3 is 0 Å². The SMILES string of the molecule is O=C(Nc1nc2c(s1)CCCC2)c1ccc(S(=O)(=O)N2CCc3ccccc32)cc1. The van der Waals surface area contributed by atoms with Crippen LogP contribution in [0.1, 0.15) is 39.3 Å².